The maximum absolute atomic E-state index is 4.19. The van der Waals surface area contributed by atoms with Gasteiger partial charge in [-0.2, -0.15) is 0 Å². The summed E-state index contributed by atoms with van der Waals surface area (Å²) in [5.74, 6) is 0. The minimum atomic E-state index is 0.882. The number of nitrogens with zero attached hydrogens (tertiary/aromatic N) is 2. The second-order valence-electron chi connectivity index (χ2n) is 3.00. The van der Waals surface area contributed by atoms with Gasteiger partial charge in [0.05, 0.1) is 12.0 Å². The van der Waals surface area contributed by atoms with E-state index in [1.165, 1.54) is 5.69 Å². The molecule has 1 rings (SSSR count). The Labute approximate surface area is 67.6 Å². The first-order valence-electron chi connectivity index (χ1n) is 3.74. The summed E-state index contributed by atoms with van der Waals surface area (Å²) < 4.78 is 2.11. The van der Waals surface area contributed by atoms with Crippen LogP contribution < -0.4 is 0 Å². The second kappa shape index (κ2) is 2.91. The van der Waals surface area contributed by atoms with Gasteiger partial charge in [0.25, 0.3) is 0 Å². The van der Waals surface area contributed by atoms with Gasteiger partial charge in [0, 0.05) is 12.2 Å². The van der Waals surface area contributed by atoms with E-state index in [2.05, 4.69) is 23.1 Å². The summed E-state index contributed by atoms with van der Waals surface area (Å²) in [6.07, 6.45) is 1.86. The quantitative estimate of drug-likeness (QED) is 0.590. The summed E-state index contributed by atoms with van der Waals surface area (Å²) in [6, 6.07) is 0. The molecule has 0 fully saturated rings. The van der Waals surface area contributed by atoms with Crippen LogP contribution in [0.2, 0.25) is 0 Å². The highest BCUT2D eigenvalue weighted by molar-refractivity contribution is 5.10. The lowest BCUT2D eigenvalue weighted by Gasteiger charge is -2.03. The number of rotatable bonds is 2. The van der Waals surface area contributed by atoms with Crippen molar-refractivity contribution in [1.29, 1.82) is 0 Å². The van der Waals surface area contributed by atoms with Crippen LogP contribution in [0.3, 0.4) is 0 Å². The van der Waals surface area contributed by atoms with E-state index in [-0.39, 0.29) is 0 Å². The van der Waals surface area contributed by atoms with Crippen molar-refractivity contribution in [2.45, 2.75) is 27.3 Å². The van der Waals surface area contributed by atoms with E-state index in [1.54, 1.807) is 0 Å². The minimum Gasteiger partial charge on any atom is -0.331 e. The number of imidazole rings is 1. The molecule has 0 spiro atoms. The molecule has 2 nitrogen and oxygen atoms in total. The molecule has 0 aliphatic heterocycles. The third-order valence-electron chi connectivity index (χ3n) is 1.79. The molecule has 11 heavy (non-hydrogen) atoms. The average molecular weight is 150 g/mol. The van der Waals surface area contributed by atoms with Crippen LogP contribution >= 0.6 is 0 Å². The van der Waals surface area contributed by atoms with E-state index in [0.717, 1.165) is 17.8 Å². The predicted octanol–water partition coefficient (Wildman–Crippen LogP) is 2.08. The third-order valence-corrected chi connectivity index (χ3v) is 1.79. The highest BCUT2D eigenvalue weighted by Crippen LogP contribution is 2.05. The van der Waals surface area contributed by atoms with Crippen LogP contribution in [-0.2, 0) is 6.54 Å². The van der Waals surface area contributed by atoms with Crippen molar-refractivity contribution in [3.05, 3.63) is 29.9 Å². The van der Waals surface area contributed by atoms with Crippen LogP contribution in [0.4, 0.5) is 0 Å². The molecule has 0 aromatic carbocycles. The number of hydrogen-bond acceptors (Lipinski definition) is 1. The van der Waals surface area contributed by atoms with Crippen LogP contribution in [0.1, 0.15) is 18.3 Å². The molecule has 1 heterocycles. The van der Waals surface area contributed by atoms with Gasteiger partial charge in [-0.05, 0) is 20.8 Å². The maximum Gasteiger partial charge on any atom is 0.0954 e. The van der Waals surface area contributed by atoms with Crippen molar-refractivity contribution in [3.63, 3.8) is 0 Å². The summed E-state index contributed by atoms with van der Waals surface area (Å²) in [7, 11) is 0. The van der Waals surface area contributed by atoms with Crippen molar-refractivity contribution in [3.8, 4) is 0 Å². The van der Waals surface area contributed by atoms with Gasteiger partial charge >= 0.3 is 0 Å². The number of hydrogen-bond donors (Lipinski definition) is 0. The summed E-state index contributed by atoms with van der Waals surface area (Å²) >= 11 is 0. The zero-order valence-electron chi connectivity index (χ0n) is 7.39. The van der Waals surface area contributed by atoms with Gasteiger partial charge < -0.3 is 4.57 Å². The minimum absolute atomic E-state index is 0.882. The standard InChI is InChI=1S/C9H14N2/c1-7(2)5-11-6-10-8(3)9(11)4/h6H,1,5H2,2-4H3. The van der Waals surface area contributed by atoms with Crippen LogP contribution in [-0.4, -0.2) is 9.55 Å². The molecule has 0 radical (unpaired) electrons. The molecule has 0 aliphatic rings. The molecule has 0 N–H and O–H groups in total. The third kappa shape index (κ3) is 1.70. The lowest BCUT2D eigenvalue weighted by atomic mass is 10.3. The first-order chi connectivity index (χ1) is 5.11. The second-order valence-corrected chi connectivity index (χ2v) is 3.00. The Balaban J connectivity index is 2.87. The Morgan fingerprint density at radius 1 is 1.64 bits per heavy atom. The van der Waals surface area contributed by atoms with Crippen molar-refractivity contribution in [2.75, 3.05) is 0 Å². The average Bonchev–Trinajstić information content (AvgIpc) is 2.18. The topological polar surface area (TPSA) is 17.8 Å². The maximum atomic E-state index is 4.19. The Kier molecular flexibility index (Phi) is 2.13. The SMILES string of the molecule is C=C(C)Cn1cnc(C)c1C. The normalized spacial score (nSPS) is 10.1. The molecule has 1 aromatic heterocycles. The van der Waals surface area contributed by atoms with Crippen molar-refractivity contribution >= 4 is 0 Å². The molecule has 0 unspecified atom stereocenters. The van der Waals surface area contributed by atoms with Gasteiger partial charge in [-0.1, -0.05) is 12.2 Å². The summed E-state index contributed by atoms with van der Waals surface area (Å²) in [5.41, 5.74) is 3.49. The zero-order valence-corrected chi connectivity index (χ0v) is 7.39. The van der Waals surface area contributed by atoms with Crippen LogP contribution in [0.5, 0.6) is 0 Å². The molecular formula is C9H14N2. The predicted molar refractivity (Wildman–Crippen MR) is 46.5 cm³/mol. The summed E-state index contributed by atoms with van der Waals surface area (Å²) in [4.78, 5) is 4.19. The largest absolute Gasteiger partial charge is 0.331 e. The Morgan fingerprint density at radius 2 is 2.27 bits per heavy atom. The van der Waals surface area contributed by atoms with Gasteiger partial charge in [0.1, 0.15) is 0 Å². The molecule has 0 saturated carbocycles. The fraction of sp³-hybridized carbons (Fsp3) is 0.444. The summed E-state index contributed by atoms with van der Waals surface area (Å²) in [5, 5.41) is 0. The van der Waals surface area contributed by atoms with Crippen molar-refractivity contribution < 1.29 is 0 Å². The van der Waals surface area contributed by atoms with Crippen LogP contribution in [0.15, 0.2) is 18.5 Å². The van der Waals surface area contributed by atoms with E-state index in [1.807, 2.05) is 20.2 Å². The molecule has 0 amide bonds. The Morgan fingerprint density at radius 3 is 2.64 bits per heavy atom. The Bertz CT molecular complexity index is 271. The first kappa shape index (κ1) is 8.05. The zero-order chi connectivity index (χ0) is 8.43. The van der Waals surface area contributed by atoms with E-state index in [9.17, 15) is 0 Å². The highest BCUT2D eigenvalue weighted by Gasteiger charge is 2.00. The van der Waals surface area contributed by atoms with E-state index in [4.69, 9.17) is 0 Å². The van der Waals surface area contributed by atoms with Crippen molar-refractivity contribution in [1.82, 2.24) is 9.55 Å². The van der Waals surface area contributed by atoms with E-state index in [0.29, 0.717) is 0 Å². The van der Waals surface area contributed by atoms with Gasteiger partial charge in [0.15, 0.2) is 0 Å². The van der Waals surface area contributed by atoms with Gasteiger partial charge in [-0.25, -0.2) is 4.98 Å². The van der Waals surface area contributed by atoms with E-state index >= 15 is 0 Å². The van der Waals surface area contributed by atoms with Crippen molar-refractivity contribution in [2.24, 2.45) is 0 Å². The first-order valence-corrected chi connectivity index (χ1v) is 3.74. The Hall–Kier alpha value is -1.05. The lowest BCUT2D eigenvalue weighted by molar-refractivity contribution is 0.758. The number of allylic oxidation sites excluding steroid dienone is 1. The fourth-order valence-electron chi connectivity index (χ4n) is 0.994. The molecule has 60 valence electrons. The van der Waals surface area contributed by atoms with Gasteiger partial charge in [-0.3, -0.25) is 0 Å². The van der Waals surface area contributed by atoms with Crippen LogP contribution in [0.25, 0.3) is 0 Å². The van der Waals surface area contributed by atoms with Crippen LogP contribution in [0, 0.1) is 13.8 Å². The summed E-state index contributed by atoms with van der Waals surface area (Å²) in [6.45, 7) is 10.8. The molecular weight excluding hydrogens is 136 g/mol. The molecule has 0 saturated heterocycles. The van der Waals surface area contributed by atoms with E-state index < -0.39 is 0 Å². The number of aromatic nitrogens is 2. The van der Waals surface area contributed by atoms with Gasteiger partial charge in [0.2, 0.25) is 0 Å². The van der Waals surface area contributed by atoms with Gasteiger partial charge in [-0.15, -0.1) is 0 Å². The number of aryl methyl sites for hydroxylation is 1. The molecule has 0 atom stereocenters. The molecule has 1 aromatic rings. The molecule has 0 bridgehead atoms. The smallest absolute Gasteiger partial charge is 0.0954 e. The molecule has 0 aliphatic carbocycles. The fourth-order valence-corrected chi connectivity index (χ4v) is 0.994. The highest BCUT2D eigenvalue weighted by atomic mass is 15.0. The molecule has 2 heteroatoms. The lowest BCUT2D eigenvalue weighted by Crippen LogP contribution is -1.98. The monoisotopic (exact) mass is 150 g/mol.